The van der Waals surface area contributed by atoms with Crippen molar-refractivity contribution in [2.45, 2.75) is 0 Å². The summed E-state index contributed by atoms with van der Waals surface area (Å²) in [6.45, 7) is 0. The van der Waals surface area contributed by atoms with Crippen LogP contribution in [0.4, 0.5) is 0 Å². The number of para-hydroxylation sites is 5. The van der Waals surface area contributed by atoms with Gasteiger partial charge >= 0.3 is 0 Å². The normalized spacial score (nSPS) is 11.4. The molecule has 0 N–H and O–H groups in total. The highest BCUT2D eigenvalue weighted by Crippen LogP contribution is 2.34. The summed E-state index contributed by atoms with van der Waals surface area (Å²) in [6.07, 6.45) is 0. The van der Waals surface area contributed by atoms with Gasteiger partial charge in [-0.1, -0.05) is 127 Å². The van der Waals surface area contributed by atoms with Crippen molar-refractivity contribution < 1.29 is 4.74 Å². The Labute approximate surface area is 307 Å². The molecule has 2 aromatic heterocycles. The minimum atomic E-state index is 0.801. The van der Waals surface area contributed by atoms with E-state index in [9.17, 15) is 0 Å². The first-order valence-electron chi connectivity index (χ1n) is 17.9. The van der Waals surface area contributed by atoms with Gasteiger partial charge in [-0.15, -0.1) is 0 Å². The molecule has 0 radical (unpaired) electrons. The summed E-state index contributed by atoms with van der Waals surface area (Å²) >= 11 is 0. The summed E-state index contributed by atoms with van der Waals surface area (Å²) in [4.78, 5) is 5.02. The molecule has 8 aromatic carbocycles. The van der Waals surface area contributed by atoms with Gasteiger partial charge in [-0.2, -0.15) is 0 Å². The highest BCUT2D eigenvalue weighted by molar-refractivity contribution is 6.09. The molecule has 0 atom stereocenters. The minimum Gasteiger partial charge on any atom is -0.457 e. The van der Waals surface area contributed by atoms with Crippen LogP contribution in [-0.4, -0.2) is 14.1 Å². The van der Waals surface area contributed by atoms with E-state index in [0.29, 0.717) is 0 Å². The average molecular weight is 680 g/mol. The van der Waals surface area contributed by atoms with Crippen LogP contribution in [0.1, 0.15) is 0 Å². The maximum Gasteiger partial charge on any atom is 0.145 e. The zero-order valence-electron chi connectivity index (χ0n) is 28.8. The first kappa shape index (κ1) is 30.6. The number of hydrogen-bond donors (Lipinski definition) is 0. The first-order chi connectivity index (χ1) is 26.3. The zero-order valence-corrected chi connectivity index (χ0v) is 28.8. The van der Waals surface area contributed by atoms with Gasteiger partial charge in [-0.3, -0.25) is 4.57 Å². The molecule has 0 amide bonds. The molecule has 0 bridgehead atoms. The average Bonchev–Trinajstić information content (AvgIpc) is 3.79. The Kier molecular flexibility index (Phi) is 7.43. The Morgan fingerprint density at radius 1 is 0.321 bits per heavy atom. The number of fused-ring (bicyclic) bond motifs is 4. The molecule has 10 aromatic rings. The molecule has 0 unspecified atom stereocenters. The van der Waals surface area contributed by atoms with E-state index in [-0.39, 0.29) is 0 Å². The van der Waals surface area contributed by atoms with E-state index >= 15 is 0 Å². The zero-order chi connectivity index (χ0) is 35.1. The van der Waals surface area contributed by atoms with Crippen LogP contribution in [0, 0.1) is 0 Å². The third kappa shape index (κ3) is 5.54. The Morgan fingerprint density at radius 3 is 1.30 bits per heavy atom. The van der Waals surface area contributed by atoms with Crippen LogP contribution in [0.15, 0.2) is 200 Å². The lowest BCUT2D eigenvalue weighted by Gasteiger charge is -2.11. The molecule has 0 saturated carbocycles. The summed E-state index contributed by atoms with van der Waals surface area (Å²) in [6, 6.07) is 69.9. The molecule has 250 valence electrons. The predicted octanol–water partition coefficient (Wildman–Crippen LogP) is 12.9. The van der Waals surface area contributed by atoms with E-state index < -0.39 is 0 Å². The molecule has 4 heteroatoms. The second-order valence-corrected chi connectivity index (χ2v) is 13.2. The van der Waals surface area contributed by atoms with Crippen LogP contribution in [0.3, 0.4) is 0 Å². The molecule has 0 fully saturated rings. The molecule has 0 aliphatic carbocycles. The highest BCUT2D eigenvalue weighted by Gasteiger charge is 2.15. The maximum atomic E-state index is 6.27. The molecule has 2 heterocycles. The number of ether oxygens (including phenoxy) is 1. The standard InChI is InChI=1S/C49H33N3O/c1-2-10-39(11-3-1)52-48-17-9-6-14-45(48)50-49(52)38-24-22-36(23-25-38)34-18-20-35(21-19-34)37-26-30-41(31-27-37)53-42-32-28-40(29-33-42)51-46-15-7-4-12-43(46)44-13-5-8-16-47(44)51/h1-33H. The topological polar surface area (TPSA) is 32.0 Å². The Morgan fingerprint density at radius 2 is 0.736 bits per heavy atom. The lowest BCUT2D eigenvalue weighted by molar-refractivity contribution is 0.482. The van der Waals surface area contributed by atoms with Crippen LogP contribution in [0.5, 0.6) is 11.5 Å². The van der Waals surface area contributed by atoms with Gasteiger partial charge in [0.1, 0.15) is 17.3 Å². The quantitative estimate of drug-likeness (QED) is 0.168. The molecule has 10 rings (SSSR count). The van der Waals surface area contributed by atoms with E-state index in [0.717, 1.165) is 62.0 Å². The van der Waals surface area contributed by atoms with Crippen molar-refractivity contribution in [3.05, 3.63) is 200 Å². The van der Waals surface area contributed by atoms with E-state index in [2.05, 4.69) is 173 Å². The lowest BCUT2D eigenvalue weighted by atomic mass is 9.99. The van der Waals surface area contributed by atoms with Gasteiger partial charge < -0.3 is 9.30 Å². The van der Waals surface area contributed by atoms with Crippen LogP contribution < -0.4 is 4.74 Å². The van der Waals surface area contributed by atoms with E-state index in [1.807, 2.05) is 36.4 Å². The van der Waals surface area contributed by atoms with Crippen LogP contribution in [0.2, 0.25) is 0 Å². The molecular formula is C49H33N3O. The predicted molar refractivity (Wildman–Crippen MR) is 218 cm³/mol. The first-order valence-corrected chi connectivity index (χ1v) is 17.9. The fourth-order valence-electron chi connectivity index (χ4n) is 7.44. The molecule has 0 aliphatic rings. The summed E-state index contributed by atoms with van der Waals surface area (Å²) in [5.74, 6) is 2.54. The Balaban J connectivity index is 0.850. The van der Waals surface area contributed by atoms with Gasteiger partial charge in [-0.05, 0) is 95.1 Å². The lowest BCUT2D eigenvalue weighted by Crippen LogP contribution is -1.97. The highest BCUT2D eigenvalue weighted by atomic mass is 16.5. The largest absolute Gasteiger partial charge is 0.457 e. The van der Waals surface area contributed by atoms with Crippen molar-refractivity contribution in [1.29, 1.82) is 0 Å². The van der Waals surface area contributed by atoms with Crippen LogP contribution >= 0.6 is 0 Å². The van der Waals surface area contributed by atoms with Crippen molar-refractivity contribution in [2.24, 2.45) is 0 Å². The van der Waals surface area contributed by atoms with Crippen LogP contribution in [0.25, 0.3) is 77.9 Å². The van der Waals surface area contributed by atoms with E-state index in [4.69, 9.17) is 9.72 Å². The molecular weight excluding hydrogens is 647 g/mol. The molecule has 4 nitrogen and oxygen atoms in total. The van der Waals surface area contributed by atoms with Crippen molar-refractivity contribution in [3.8, 4) is 56.5 Å². The van der Waals surface area contributed by atoms with Crippen LogP contribution in [-0.2, 0) is 0 Å². The number of hydrogen-bond acceptors (Lipinski definition) is 2. The third-order valence-corrected chi connectivity index (χ3v) is 10.0. The maximum absolute atomic E-state index is 6.27. The summed E-state index contributed by atoms with van der Waals surface area (Å²) < 4.78 is 10.8. The van der Waals surface area contributed by atoms with E-state index in [1.165, 1.54) is 27.4 Å². The molecule has 0 spiro atoms. The second kappa shape index (κ2) is 12.9. The van der Waals surface area contributed by atoms with Crippen molar-refractivity contribution in [2.75, 3.05) is 0 Å². The summed E-state index contributed by atoms with van der Waals surface area (Å²) in [7, 11) is 0. The van der Waals surface area contributed by atoms with E-state index in [1.54, 1.807) is 0 Å². The Bertz CT molecular complexity index is 2810. The van der Waals surface area contributed by atoms with Gasteiger partial charge in [0.2, 0.25) is 0 Å². The summed E-state index contributed by atoms with van der Waals surface area (Å²) in [5.41, 5.74) is 12.4. The van der Waals surface area contributed by atoms with Crippen molar-refractivity contribution in [3.63, 3.8) is 0 Å². The second-order valence-electron chi connectivity index (χ2n) is 13.2. The van der Waals surface area contributed by atoms with Gasteiger partial charge in [0.05, 0.1) is 22.1 Å². The molecule has 0 saturated heterocycles. The number of aromatic nitrogens is 3. The smallest absolute Gasteiger partial charge is 0.145 e. The van der Waals surface area contributed by atoms with Gasteiger partial charge in [0.15, 0.2) is 0 Å². The number of nitrogens with zero attached hydrogens (tertiary/aromatic N) is 3. The fourth-order valence-corrected chi connectivity index (χ4v) is 7.44. The number of benzene rings is 8. The number of rotatable bonds is 7. The van der Waals surface area contributed by atoms with Crippen molar-refractivity contribution in [1.82, 2.24) is 14.1 Å². The fraction of sp³-hybridized carbons (Fsp3) is 0. The monoisotopic (exact) mass is 679 g/mol. The third-order valence-electron chi connectivity index (χ3n) is 10.0. The van der Waals surface area contributed by atoms with Gasteiger partial charge in [-0.25, -0.2) is 4.98 Å². The minimum absolute atomic E-state index is 0.801. The summed E-state index contributed by atoms with van der Waals surface area (Å²) in [5, 5.41) is 2.51. The number of imidazole rings is 1. The van der Waals surface area contributed by atoms with Crippen molar-refractivity contribution >= 4 is 32.8 Å². The van der Waals surface area contributed by atoms with Gasteiger partial charge in [0, 0.05) is 27.7 Å². The molecule has 53 heavy (non-hydrogen) atoms. The van der Waals surface area contributed by atoms with Gasteiger partial charge in [0.25, 0.3) is 0 Å². The Hall–Kier alpha value is -7.17. The SMILES string of the molecule is c1ccc(-n2c(-c3ccc(-c4ccc(-c5ccc(Oc6ccc(-n7c8ccccc8c8ccccc87)cc6)cc5)cc4)cc3)nc3ccccc32)cc1. The molecule has 0 aliphatic heterocycles.